The van der Waals surface area contributed by atoms with Crippen molar-refractivity contribution in [2.45, 2.75) is 58.2 Å². The molecule has 0 bridgehead atoms. The highest BCUT2D eigenvalue weighted by Crippen LogP contribution is 2.31. The molecule has 0 saturated heterocycles. The van der Waals surface area contributed by atoms with Crippen LogP contribution in [0, 0.1) is 6.92 Å². The molecular formula is C27H29ClN6O. The maximum absolute atomic E-state index is 13.5. The van der Waals surface area contributed by atoms with Gasteiger partial charge in [0.1, 0.15) is 5.65 Å². The fraction of sp³-hybridized carbons (Fsp3) is 0.333. The third-order valence-corrected chi connectivity index (χ3v) is 7.00. The predicted octanol–water partition coefficient (Wildman–Crippen LogP) is 5.18. The van der Waals surface area contributed by atoms with Gasteiger partial charge in [0.25, 0.3) is 5.56 Å². The highest BCUT2D eigenvalue weighted by Gasteiger charge is 2.20. The van der Waals surface area contributed by atoms with E-state index in [0.717, 1.165) is 48.0 Å². The number of hydrogen-bond acceptors (Lipinski definition) is 6. The van der Waals surface area contributed by atoms with E-state index in [0.29, 0.717) is 40.3 Å². The van der Waals surface area contributed by atoms with Gasteiger partial charge >= 0.3 is 0 Å². The number of hydrogen-bond donors (Lipinski definition) is 2. The van der Waals surface area contributed by atoms with Crippen LogP contribution in [0.25, 0.3) is 33.4 Å². The molecule has 1 fully saturated rings. The van der Waals surface area contributed by atoms with Gasteiger partial charge in [0.15, 0.2) is 0 Å². The molecule has 35 heavy (non-hydrogen) atoms. The number of fused-ring (bicyclic) bond motifs is 1. The van der Waals surface area contributed by atoms with Crippen LogP contribution < -0.4 is 16.6 Å². The Morgan fingerprint density at radius 3 is 2.60 bits per heavy atom. The molecule has 0 spiro atoms. The van der Waals surface area contributed by atoms with E-state index in [1.54, 1.807) is 10.8 Å². The van der Waals surface area contributed by atoms with Gasteiger partial charge in [-0.15, -0.1) is 0 Å². The molecule has 3 N–H and O–H groups in total. The van der Waals surface area contributed by atoms with Crippen LogP contribution in [-0.2, 0) is 6.54 Å². The van der Waals surface area contributed by atoms with Crippen LogP contribution in [-0.4, -0.2) is 31.6 Å². The van der Waals surface area contributed by atoms with Crippen LogP contribution in [0.2, 0.25) is 5.02 Å². The summed E-state index contributed by atoms with van der Waals surface area (Å²) in [7, 11) is 0. The van der Waals surface area contributed by atoms with E-state index < -0.39 is 0 Å². The van der Waals surface area contributed by atoms with Gasteiger partial charge in [-0.3, -0.25) is 14.3 Å². The van der Waals surface area contributed by atoms with Gasteiger partial charge in [0, 0.05) is 57.6 Å². The number of anilines is 1. The SMILES string of the molecule is CCn1c(=O)c(-c2ccc(-c3cccc(C)n3)cc2Cl)cc2cnc(N[C@H]3CC[C@@H](N)CC3)nc21. The molecule has 1 aliphatic carbocycles. The lowest BCUT2D eigenvalue weighted by Gasteiger charge is -2.26. The van der Waals surface area contributed by atoms with E-state index >= 15 is 0 Å². The first-order valence-electron chi connectivity index (χ1n) is 12.1. The van der Waals surface area contributed by atoms with E-state index in [-0.39, 0.29) is 11.6 Å². The van der Waals surface area contributed by atoms with Crippen LogP contribution in [0.15, 0.2) is 53.5 Å². The second-order valence-corrected chi connectivity index (χ2v) is 9.60. The van der Waals surface area contributed by atoms with Crippen molar-refractivity contribution in [3.05, 3.63) is 69.7 Å². The molecule has 3 heterocycles. The summed E-state index contributed by atoms with van der Waals surface area (Å²) >= 11 is 6.69. The summed E-state index contributed by atoms with van der Waals surface area (Å²) < 4.78 is 1.68. The average Bonchev–Trinajstić information content (AvgIpc) is 2.85. The summed E-state index contributed by atoms with van der Waals surface area (Å²) in [6, 6.07) is 14.0. The fourth-order valence-electron chi connectivity index (χ4n) is 4.76. The molecule has 0 amide bonds. The highest BCUT2D eigenvalue weighted by atomic mass is 35.5. The van der Waals surface area contributed by atoms with Gasteiger partial charge in [0.2, 0.25) is 5.95 Å². The first-order chi connectivity index (χ1) is 16.9. The third kappa shape index (κ3) is 4.79. The standard InChI is InChI=1S/C27H29ClN6O/c1-3-34-25-18(15-30-27(33-25)32-20-10-8-19(29)9-11-20)13-22(26(34)35)21-12-7-17(14-23(21)28)24-6-4-5-16(2)31-24/h4-7,12-15,19-20H,3,8-11,29H2,1-2H3,(H,30,32,33)/t19-,20+. The molecule has 0 radical (unpaired) electrons. The molecule has 0 unspecified atom stereocenters. The molecule has 1 aromatic carbocycles. The molecule has 180 valence electrons. The Bertz CT molecular complexity index is 1440. The number of pyridine rings is 2. The number of nitrogens with two attached hydrogens (primary N) is 1. The van der Waals surface area contributed by atoms with E-state index in [1.807, 2.05) is 56.3 Å². The summed E-state index contributed by atoms with van der Waals surface area (Å²) in [6.07, 6.45) is 5.75. The second kappa shape index (κ2) is 9.76. The Morgan fingerprint density at radius 1 is 1.09 bits per heavy atom. The summed E-state index contributed by atoms with van der Waals surface area (Å²) in [4.78, 5) is 27.3. The largest absolute Gasteiger partial charge is 0.351 e. The summed E-state index contributed by atoms with van der Waals surface area (Å²) in [5, 5.41) is 4.71. The number of halogens is 1. The summed E-state index contributed by atoms with van der Waals surface area (Å²) in [6.45, 7) is 4.38. The first kappa shape index (κ1) is 23.5. The van der Waals surface area contributed by atoms with E-state index in [9.17, 15) is 4.79 Å². The van der Waals surface area contributed by atoms with E-state index in [2.05, 4.69) is 15.3 Å². The molecular weight excluding hydrogens is 460 g/mol. The Balaban J connectivity index is 1.51. The minimum Gasteiger partial charge on any atom is -0.351 e. The van der Waals surface area contributed by atoms with Crippen LogP contribution in [0.4, 0.5) is 5.95 Å². The van der Waals surface area contributed by atoms with E-state index in [4.69, 9.17) is 22.3 Å². The zero-order valence-electron chi connectivity index (χ0n) is 20.0. The third-order valence-electron chi connectivity index (χ3n) is 6.69. The van der Waals surface area contributed by atoms with Gasteiger partial charge in [0.05, 0.1) is 5.69 Å². The lowest BCUT2D eigenvalue weighted by Crippen LogP contribution is -2.33. The van der Waals surface area contributed by atoms with Crippen molar-refractivity contribution in [3.63, 3.8) is 0 Å². The molecule has 8 heteroatoms. The van der Waals surface area contributed by atoms with Crippen molar-refractivity contribution in [2.24, 2.45) is 5.73 Å². The maximum Gasteiger partial charge on any atom is 0.260 e. The minimum absolute atomic E-state index is 0.128. The van der Waals surface area contributed by atoms with Crippen molar-refractivity contribution >= 4 is 28.6 Å². The molecule has 0 atom stereocenters. The van der Waals surface area contributed by atoms with Crippen molar-refractivity contribution in [1.29, 1.82) is 0 Å². The number of nitrogens with zero attached hydrogens (tertiary/aromatic N) is 4. The number of nitrogens with one attached hydrogen (secondary N) is 1. The molecule has 0 aliphatic heterocycles. The fourth-order valence-corrected chi connectivity index (χ4v) is 5.04. The van der Waals surface area contributed by atoms with Crippen molar-refractivity contribution in [2.75, 3.05) is 5.32 Å². The van der Waals surface area contributed by atoms with E-state index in [1.165, 1.54) is 0 Å². The maximum atomic E-state index is 13.5. The van der Waals surface area contributed by atoms with Crippen molar-refractivity contribution in [1.82, 2.24) is 19.5 Å². The second-order valence-electron chi connectivity index (χ2n) is 9.19. The topological polar surface area (TPSA) is 98.7 Å². The molecule has 4 aromatic rings. The van der Waals surface area contributed by atoms with Crippen LogP contribution in [0.3, 0.4) is 0 Å². The number of aryl methyl sites for hydroxylation is 2. The first-order valence-corrected chi connectivity index (χ1v) is 12.5. The molecule has 3 aromatic heterocycles. The monoisotopic (exact) mass is 488 g/mol. The highest BCUT2D eigenvalue weighted by molar-refractivity contribution is 6.33. The normalized spacial score (nSPS) is 18.1. The Kier molecular flexibility index (Phi) is 6.54. The molecule has 1 aliphatic rings. The van der Waals surface area contributed by atoms with Gasteiger partial charge in [-0.2, -0.15) is 4.98 Å². The van der Waals surface area contributed by atoms with Crippen molar-refractivity contribution < 1.29 is 0 Å². The zero-order valence-corrected chi connectivity index (χ0v) is 20.7. The molecule has 1 saturated carbocycles. The number of rotatable bonds is 5. The lowest BCUT2D eigenvalue weighted by molar-refractivity contribution is 0.410. The molecule has 5 rings (SSSR count). The smallest absolute Gasteiger partial charge is 0.260 e. The summed E-state index contributed by atoms with van der Waals surface area (Å²) in [5.74, 6) is 0.542. The Labute approximate surface area is 209 Å². The predicted molar refractivity (Wildman–Crippen MR) is 142 cm³/mol. The van der Waals surface area contributed by atoms with Crippen LogP contribution in [0.5, 0.6) is 0 Å². The Morgan fingerprint density at radius 2 is 1.89 bits per heavy atom. The van der Waals surface area contributed by atoms with Gasteiger partial charge < -0.3 is 11.1 Å². The van der Waals surface area contributed by atoms with Crippen LogP contribution in [0.1, 0.15) is 38.3 Å². The quantitative estimate of drug-likeness (QED) is 0.401. The van der Waals surface area contributed by atoms with Crippen LogP contribution >= 0.6 is 11.6 Å². The summed E-state index contributed by atoms with van der Waals surface area (Å²) in [5.41, 5.74) is 10.4. The molecule has 7 nitrogen and oxygen atoms in total. The average molecular weight is 489 g/mol. The van der Waals surface area contributed by atoms with Gasteiger partial charge in [-0.1, -0.05) is 29.8 Å². The van der Waals surface area contributed by atoms with Gasteiger partial charge in [-0.25, -0.2) is 4.98 Å². The lowest BCUT2D eigenvalue weighted by atomic mass is 9.92. The van der Waals surface area contributed by atoms with Crippen molar-refractivity contribution in [3.8, 4) is 22.4 Å². The minimum atomic E-state index is -0.128. The Hall–Kier alpha value is -3.29. The van der Waals surface area contributed by atoms with Gasteiger partial charge in [-0.05, 0) is 63.8 Å². The number of aromatic nitrogens is 4. The number of benzene rings is 1. The zero-order chi connectivity index (χ0) is 24.5.